The topological polar surface area (TPSA) is 53.6 Å². The van der Waals surface area contributed by atoms with E-state index in [-0.39, 0.29) is 12.5 Å². The summed E-state index contributed by atoms with van der Waals surface area (Å²) < 4.78 is 5.26. The van der Waals surface area contributed by atoms with Gasteiger partial charge in [0.15, 0.2) is 0 Å². The minimum absolute atomic E-state index is 0.00287. The van der Waals surface area contributed by atoms with Gasteiger partial charge in [-0.05, 0) is 49.9 Å². The number of halogens is 1. The highest BCUT2D eigenvalue weighted by Crippen LogP contribution is 2.31. The number of methoxy groups -OCH3 is 1. The van der Waals surface area contributed by atoms with Crippen molar-refractivity contribution in [2.75, 3.05) is 38.6 Å². The second-order valence-corrected chi connectivity index (χ2v) is 6.82. The lowest BCUT2D eigenvalue weighted by molar-refractivity contribution is -0.119. The zero-order chi connectivity index (χ0) is 16.2. The van der Waals surface area contributed by atoms with Crippen molar-refractivity contribution in [3.63, 3.8) is 0 Å². The van der Waals surface area contributed by atoms with E-state index < -0.39 is 0 Å². The number of anilines is 1. The Hall–Kier alpha value is -1.46. The average Bonchev–Trinajstić information content (AvgIpc) is 3.30. The van der Waals surface area contributed by atoms with Crippen LogP contribution in [0.1, 0.15) is 19.3 Å². The smallest absolute Gasteiger partial charge is 0.239 e. The first kappa shape index (κ1) is 16.4. The van der Waals surface area contributed by atoms with E-state index in [1.807, 2.05) is 0 Å². The van der Waals surface area contributed by atoms with Crippen molar-refractivity contribution in [1.29, 1.82) is 0 Å². The number of benzene rings is 1. The van der Waals surface area contributed by atoms with Crippen LogP contribution in [0.2, 0.25) is 5.02 Å². The van der Waals surface area contributed by atoms with Gasteiger partial charge in [0, 0.05) is 24.2 Å². The Kier molecular flexibility index (Phi) is 5.28. The molecule has 0 radical (unpaired) electrons. The van der Waals surface area contributed by atoms with Crippen LogP contribution < -0.4 is 15.4 Å². The number of amides is 1. The number of carbonyl (C=O) groups is 1. The van der Waals surface area contributed by atoms with Crippen LogP contribution in [0.15, 0.2) is 18.2 Å². The van der Waals surface area contributed by atoms with Crippen molar-refractivity contribution in [1.82, 2.24) is 10.2 Å². The van der Waals surface area contributed by atoms with E-state index in [2.05, 4.69) is 15.5 Å². The van der Waals surface area contributed by atoms with E-state index in [9.17, 15) is 4.79 Å². The molecule has 2 fully saturated rings. The first-order chi connectivity index (χ1) is 11.2. The molecule has 3 rings (SSSR count). The predicted molar refractivity (Wildman–Crippen MR) is 92.2 cm³/mol. The van der Waals surface area contributed by atoms with Gasteiger partial charge in [-0.1, -0.05) is 11.6 Å². The number of rotatable bonds is 7. The van der Waals surface area contributed by atoms with Crippen LogP contribution in [0.25, 0.3) is 0 Å². The van der Waals surface area contributed by atoms with E-state index in [4.69, 9.17) is 16.3 Å². The molecule has 2 aliphatic rings. The van der Waals surface area contributed by atoms with Crippen LogP contribution in [0, 0.1) is 5.92 Å². The number of nitrogens with zero attached hydrogens (tertiary/aromatic N) is 1. The fourth-order valence-electron chi connectivity index (χ4n) is 3.12. The van der Waals surface area contributed by atoms with E-state index in [1.165, 1.54) is 25.8 Å². The summed E-state index contributed by atoms with van der Waals surface area (Å²) >= 11 is 5.98. The maximum atomic E-state index is 12.0. The Morgan fingerprint density at radius 2 is 2.22 bits per heavy atom. The van der Waals surface area contributed by atoms with Crippen molar-refractivity contribution in [3.05, 3.63) is 23.2 Å². The lowest BCUT2D eigenvalue weighted by Gasteiger charge is -2.15. The van der Waals surface area contributed by atoms with Crippen molar-refractivity contribution < 1.29 is 9.53 Å². The van der Waals surface area contributed by atoms with Crippen LogP contribution >= 0.6 is 11.6 Å². The second-order valence-electron chi connectivity index (χ2n) is 6.38. The Morgan fingerprint density at radius 3 is 2.96 bits per heavy atom. The molecule has 5 nitrogen and oxygen atoms in total. The number of likely N-dealkylation sites (tertiary alicyclic amines) is 1. The van der Waals surface area contributed by atoms with E-state index in [0.717, 1.165) is 24.8 Å². The van der Waals surface area contributed by atoms with Crippen LogP contribution in [0.4, 0.5) is 5.69 Å². The highest BCUT2D eigenvalue weighted by atomic mass is 35.5. The molecule has 2 N–H and O–H groups in total. The summed E-state index contributed by atoms with van der Waals surface area (Å²) in [5.74, 6) is 1.26. The third-order valence-electron chi connectivity index (χ3n) is 4.57. The van der Waals surface area contributed by atoms with Gasteiger partial charge in [0.1, 0.15) is 5.75 Å². The summed E-state index contributed by atoms with van der Waals surface area (Å²) in [6, 6.07) is 6.14. The maximum Gasteiger partial charge on any atom is 0.239 e. The Balaban J connectivity index is 1.40. The number of ether oxygens (including phenoxy) is 1. The molecular weight excluding hydrogens is 314 g/mol. The number of carbonyl (C=O) groups excluding carboxylic acids is 1. The highest BCUT2D eigenvalue weighted by Gasteiger charge is 2.34. The van der Waals surface area contributed by atoms with E-state index in [1.54, 1.807) is 25.3 Å². The van der Waals surface area contributed by atoms with Crippen LogP contribution in [-0.2, 0) is 4.79 Å². The van der Waals surface area contributed by atoms with Crippen LogP contribution in [0.3, 0.4) is 0 Å². The molecule has 1 aliphatic heterocycles. The van der Waals surface area contributed by atoms with Gasteiger partial charge in [-0.25, -0.2) is 0 Å². The van der Waals surface area contributed by atoms with Crippen molar-refractivity contribution in [3.8, 4) is 5.75 Å². The van der Waals surface area contributed by atoms with E-state index >= 15 is 0 Å². The quantitative estimate of drug-likeness (QED) is 0.802. The molecule has 6 heteroatoms. The molecule has 0 spiro atoms. The normalized spacial score (nSPS) is 21.2. The van der Waals surface area contributed by atoms with Gasteiger partial charge in [0.2, 0.25) is 5.91 Å². The maximum absolute atomic E-state index is 12.0. The molecule has 0 aromatic heterocycles. The molecule has 1 aliphatic carbocycles. The molecular formula is C17H24ClN3O2. The SMILES string of the molecule is COc1ccc(Cl)cc1NCC(=O)NC[C@H]1CCN(C2CC2)C1. The highest BCUT2D eigenvalue weighted by molar-refractivity contribution is 6.30. The van der Waals surface area contributed by atoms with Crippen molar-refractivity contribution in [2.45, 2.75) is 25.3 Å². The van der Waals surface area contributed by atoms with Gasteiger partial charge in [0.25, 0.3) is 0 Å². The van der Waals surface area contributed by atoms with Crippen LogP contribution in [0.5, 0.6) is 5.75 Å². The number of nitrogens with one attached hydrogen (secondary N) is 2. The zero-order valence-electron chi connectivity index (χ0n) is 13.5. The predicted octanol–water partition coefficient (Wildman–Crippen LogP) is 2.36. The third-order valence-corrected chi connectivity index (χ3v) is 4.80. The molecule has 1 heterocycles. The van der Waals surface area contributed by atoms with Gasteiger partial charge in [0.05, 0.1) is 19.3 Å². The Morgan fingerprint density at radius 1 is 1.39 bits per heavy atom. The molecule has 1 atom stereocenters. The molecule has 1 aromatic carbocycles. The lowest BCUT2D eigenvalue weighted by atomic mass is 10.1. The van der Waals surface area contributed by atoms with Crippen molar-refractivity contribution >= 4 is 23.2 Å². The largest absolute Gasteiger partial charge is 0.495 e. The van der Waals surface area contributed by atoms with Gasteiger partial charge in [-0.3, -0.25) is 4.79 Å². The molecule has 126 valence electrons. The number of hydrogen-bond donors (Lipinski definition) is 2. The van der Waals surface area contributed by atoms with Gasteiger partial charge in [-0.15, -0.1) is 0 Å². The van der Waals surface area contributed by atoms with Gasteiger partial charge < -0.3 is 20.3 Å². The monoisotopic (exact) mass is 337 g/mol. The fourth-order valence-corrected chi connectivity index (χ4v) is 3.29. The van der Waals surface area contributed by atoms with Crippen molar-refractivity contribution in [2.24, 2.45) is 5.92 Å². The molecule has 23 heavy (non-hydrogen) atoms. The number of hydrogen-bond acceptors (Lipinski definition) is 4. The summed E-state index contributed by atoms with van der Waals surface area (Å²) in [5, 5.41) is 6.72. The summed E-state index contributed by atoms with van der Waals surface area (Å²) in [7, 11) is 1.60. The first-order valence-electron chi connectivity index (χ1n) is 8.24. The summed E-state index contributed by atoms with van der Waals surface area (Å²) in [5.41, 5.74) is 0.732. The molecule has 1 amide bonds. The zero-order valence-corrected chi connectivity index (χ0v) is 14.2. The summed E-state index contributed by atoms with van der Waals surface area (Å²) in [4.78, 5) is 14.6. The van der Waals surface area contributed by atoms with E-state index in [0.29, 0.717) is 16.7 Å². The Labute approximate surface area is 142 Å². The lowest BCUT2D eigenvalue weighted by Crippen LogP contribution is -2.35. The third kappa shape index (κ3) is 4.52. The second kappa shape index (κ2) is 7.41. The first-order valence-corrected chi connectivity index (χ1v) is 8.61. The summed E-state index contributed by atoms with van der Waals surface area (Å²) in [6.07, 6.45) is 3.89. The standard InChI is InChI=1S/C17H24ClN3O2/c1-23-16-5-2-13(18)8-15(16)19-10-17(22)20-9-12-6-7-21(11-12)14-3-4-14/h2,5,8,12,14,19H,3-4,6-7,9-11H2,1H3,(H,20,22)/t12-/m1/s1. The molecule has 0 unspecified atom stereocenters. The minimum Gasteiger partial charge on any atom is -0.495 e. The van der Waals surface area contributed by atoms with Crippen LogP contribution in [-0.4, -0.2) is 50.1 Å². The molecule has 1 saturated heterocycles. The Bertz CT molecular complexity index is 563. The van der Waals surface area contributed by atoms with Gasteiger partial charge in [-0.2, -0.15) is 0 Å². The molecule has 1 saturated carbocycles. The molecule has 1 aromatic rings. The minimum atomic E-state index is -0.00287. The van der Waals surface area contributed by atoms with Gasteiger partial charge >= 0.3 is 0 Å². The molecule has 0 bridgehead atoms. The summed E-state index contributed by atoms with van der Waals surface area (Å²) in [6.45, 7) is 3.29. The fraction of sp³-hybridized carbons (Fsp3) is 0.588. The average molecular weight is 338 g/mol.